The Labute approximate surface area is 83.5 Å². The quantitative estimate of drug-likeness (QED) is 0.701. The number of hydrogen-bond donors (Lipinski definition) is 2. The van der Waals surface area contributed by atoms with Gasteiger partial charge in [-0.05, 0) is 37.0 Å². The highest BCUT2D eigenvalue weighted by Crippen LogP contribution is 2.60. The second-order valence-corrected chi connectivity index (χ2v) is 4.55. The van der Waals surface area contributed by atoms with Crippen molar-refractivity contribution in [2.75, 3.05) is 19.7 Å². The molecule has 4 heteroatoms. The predicted molar refractivity (Wildman–Crippen MR) is 51.1 cm³/mol. The SMILES string of the molecule is O=C(O)N1CCC2(CC1)CC2CCO. The van der Waals surface area contributed by atoms with Crippen molar-refractivity contribution >= 4 is 6.09 Å². The minimum absolute atomic E-state index is 0.273. The minimum Gasteiger partial charge on any atom is -0.465 e. The van der Waals surface area contributed by atoms with Gasteiger partial charge in [-0.25, -0.2) is 4.79 Å². The average molecular weight is 199 g/mol. The van der Waals surface area contributed by atoms with Crippen LogP contribution in [0.5, 0.6) is 0 Å². The van der Waals surface area contributed by atoms with E-state index in [9.17, 15) is 4.79 Å². The Bertz CT molecular complexity index is 234. The number of aliphatic hydroxyl groups is 1. The van der Waals surface area contributed by atoms with Gasteiger partial charge in [0.15, 0.2) is 0 Å². The molecule has 1 atom stereocenters. The third-order valence-electron chi connectivity index (χ3n) is 3.87. The second-order valence-electron chi connectivity index (χ2n) is 4.55. The maximum atomic E-state index is 10.7. The van der Waals surface area contributed by atoms with Crippen LogP contribution in [0.3, 0.4) is 0 Å². The molecule has 0 aromatic heterocycles. The zero-order valence-corrected chi connectivity index (χ0v) is 8.28. The summed E-state index contributed by atoms with van der Waals surface area (Å²) in [6, 6.07) is 0. The second kappa shape index (κ2) is 3.42. The molecule has 0 radical (unpaired) electrons. The number of piperidine rings is 1. The first kappa shape index (κ1) is 9.77. The number of aliphatic hydroxyl groups excluding tert-OH is 1. The van der Waals surface area contributed by atoms with E-state index in [1.165, 1.54) is 11.3 Å². The molecule has 2 N–H and O–H groups in total. The van der Waals surface area contributed by atoms with Gasteiger partial charge < -0.3 is 15.1 Å². The molecule has 1 amide bonds. The van der Waals surface area contributed by atoms with Crippen LogP contribution in [0.15, 0.2) is 0 Å². The van der Waals surface area contributed by atoms with E-state index in [0.29, 0.717) is 24.4 Å². The summed E-state index contributed by atoms with van der Waals surface area (Å²) < 4.78 is 0. The first-order chi connectivity index (χ1) is 6.68. The molecule has 1 spiro atoms. The Balaban J connectivity index is 1.83. The van der Waals surface area contributed by atoms with Gasteiger partial charge in [-0.3, -0.25) is 0 Å². The molecule has 14 heavy (non-hydrogen) atoms. The molecule has 1 aliphatic heterocycles. The monoisotopic (exact) mass is 199 g/mol. The molecule has 2 fully saturated rings. The maximum Gasteiger partial charge on any atom is 0.407 e. The van der Waals surface area contributed by atoms with Crippen molar-refractivity contribution in [3.05, 3.63) is 0 Å². The van der Waals surface area contributed by atoms with Crippen molar-refractivity contribution in [1.29, 1.82) is 0 Å². The zero-order valence-electron chi connectivity index (χ0n) is 8.28. The van der Waals surface area contributed by atoms with Crippen molar-refractivity contribution in [3.63, 3.8) is 0 Å². The topological polar surface area (TPSA) is 60.8 Å². The molecule has 0 bridgehead atoms. The molecule has 1 aliphatic carbocycles. The molecule has 1 saturated heterocycles. The molecular formula is C10H17NO3. The Kier molecular flexibility index (Phi) is 2.39. The number of amides is 1. The summed E-state index contributed by atoms with van der Waals surface area (Å²) in [5.74, 6) is 0.656. The normalized spacial score (nSPS) is 29.2. The van der Waals surface area contributed by atoms with E-state index in [4.69, 9.17) is 10.2 Å². The molecule has 2 aliphatic rings. The highest BCUT2D eigenvalue weighted by molar-refractivity contribution is 5.65. The zero-order chi connectivity index (χ0) is 10.2. The molecule has 0 aromatic carbocycles. The lowest BCUT2D eigenvalue weighted by molar-refractivity contribution is 0.116. The summed E-state index contributed by atoms with van der Waals surface area (Å²) in [5.41, 5.74) is 0.397. The number of rotatable bonds is 2. The van der Waals surface area contributed by atoms with Gasteiger partial charge in [0, 0.05) is 19.7 Å². The molecule has 1 saturated carbocycles. The van der Waals surface area contributed by atoms with Crippen LogP contribution in [0.2, 0.25) is 0 Å². The van der Waals surface area contributed by atoms with Gasteiger partial charge in [0.25, 0.3) is 0 Å². The molecule has 0 aromatic rings. The third kappa shape index (κ3) is 1.59. The largest absolute Gasteiger partial charge is 0.465 e. The van der Waals surface area contributed by atoms with Crippen LogP contribution >= 0.6 is 0 Å². The van der Waals surface area contributed by atoms with Crippen LogP contribution in [0.4, 0.5) is 4.79 Å². The highest BCUT2D eigenvalue weighted by Gasteiger charge is 2.54. The van der Waals surface area contributed by atoms with Gasteiger partial charge in [0.1, 0.15) is 0 Å². The van der Waals surface area contributed by atoms with Crippen LogP contribution in [0.25, 0.3) is 0 Å². The van der Waals surface area contributed by atoms with Crippen LogP contribution in [-0.4, -0.2) is 40.9 Å². The fourth-order valence-corrected chi connectivity index (χ4v) is 2.75. The van der Waals surface area contributed by atoms with E-state index in [1.807, 2.05) is 0 Å². The van der Waals surface area contributed by atoms with E-state index in [-0.39, 0.29) is 6.61 Å². The Hall–Kier alpha value is -0.770. The smallest absolute Gasteiger partial charge is 0.407 e. The van der Waals surface area contributed by atoms with Crippen molar-refractivity contribution < 1.29 is 15.0 Å². The Morgan fingerprint density at radius 2 is 2.07 bits per heavy atom. The van der Waals surface area contributed by atoms with Crippen LogP contribution in [0, 0.1) is 11.3 Å². The van der Waals surface area contributed by atoms with Gasteiger partial charge in [-0.1, -0.05) is 0 Å². The lowest BCUT2D eigenvalue weighted by atomic mass is 9.90. The summed E-state index contributed by atoms with van der Waals surface area (Å²) in [5, 5.41) is 17.6. The molecule has 1 unspecified atom stereocenters. The average Bonchev–Trinajstić information content (AvgIpc) is 2.80. The lowest BCUT2D eigenvalue weighted by Gasteiger charge is -2.30. The van der Waals surface area contributed by atoms with E-state index in [1.54, 1.807) is 0 Å². The molecule has 80 valence electrons. The fraction of sp³-hybridized carbons (Fsp3) is 0.900. The van der Waals surface area contributed by atoms with Gasteiger partial charge in [-0.15, -0.1) is 0 Å². The van der Waals surface area contributed by atoms with Crippen LogP contribution in [0.1, 0.15) is 25.7 Å². The standard InChI is InChI=1S/C10H17NO3/c12-6-1-8-7-10(8)2-4-11(5-3-10)9(13)14/h8,12H,1-7H2,(H,13,14). The molecule has 1 heterocycles. The predicted octanol–water partition coefficient (Wildman–Crippen LogP) is 1.15. The Morgan fingerprint density at radius 3 is 2.57 bits per heavy atom. The first-order valence-electron chi connectivity index (χ1n) is 5.27. The molecular weight excluding hydrogens is 182 g/mol. The number of nitrogens with zero attached hydrogens (tertiary/aromatic N) is 1. The third-order valence-corrected chi connectivity index (χ3v) is 3.87. The number of hydrogen-bond acceptors (Lipinski definition) is 2. The van der Waals surface area contributed by atoms with Crippen LogP contribution < -0.4 is 0 Å². The summed E-state index contributed by atoms with van der Waals surface area (Å²) in [6.45, 7) is 1.63. The molecule has 2 rings (SSSR count). The minimum atomic E-state index is -0.792. The number of likely N-dealkylation sites (tertiary alicyclic amines) is 1. The number of carboxylic acid groups (broad SMARTS) is 1. The van der Waals surface area contributed by atoms with Gasteiger partial charge in [-0.2, -0.15) is 0 Å². The fourth-order valence-electron chi connectivity index (χ4n) is 2.75. The number of carbonyl (C=O) groups is 1. The van der Waals surface area contributed by atoms with E-state index in [2.05, 4.69) is 0 Å². The van der Waals surface area contributed by atoms with E-state index in [0.717, 1.165) is 19.3 Å². The van der Waals surface area contributed by atoms with Gasteiger partial charge in [0.05, 0.1) is 0 Å². The first-order valence-corrected chi connectivity index (χ1v) is 5.27. The van der Waals surface area contributed by atoms with E-state index >= 15 is 0 Å². The van der Waals surface area contributed by atoms with Crippen LogP contribution in [-0.2, 0) is 0 Å². The maximum absolute atomic E-state index is 10.7. The summed E-state index contributed by atoms with van der Waals surface area (Å²) in [7, 11) is 0. The van der Waals surface area contributed by atoms with E-state index < -0.39 is 6.09 Å². The van der Waals surface area contributed by atoms with Crippen molar-refractivity contribution in [2.24, 2.45) is 11.3 Å². The van der Waals surface area contributed by atoms with Gasteiger partial charge in [0.2, 0.25) is 0 Å². The van der Waals surface area contributed by atoms with Crippen molar-refractivity contribution in [1.82, 2.24) is 4.90 Å². The Morgan fingerprint density at radius 1 is 1.43 bits per heavy atom. The highest BCUT2D eigenvalue weighted by atomic mass is 16.4. The van der Waals surface area contributed by atoms with Gasteiger partial charge >= 0.3 is 6.09 Å². The summed E-state index contributed by atoms with van der Waals surface area (Å²) >= 11 is 0. The summed E-state index contributed by atoms with van der Waals surface area (Å²) in [4.78, 5) is 12.2. The van der Waals surface area contributed by atoms with Crippen molar-refractivity contribution in [2.45, 2.75) is 25.7 Å². The van der Waals surface area contributed by atoms with Crippen molar-refractivity contribution in [3.8, 4) is 0 Å². The summed E-state index contributed by atoms with van der Waals surface area (Å²) in [6.07, 6.45) is 3.28. The molecule has 4 nitrogen and oxygen atoms in total. The lowest BCUT2D eigenvalue weighted by Crippen LogP contribution is -2.38.